The van der Waals surface area contributed by atoms with Crippen LogP contribution in [0, 0.1) is 0 Å². The number of anilines is 1. The van der Waals surface area contributed by atoms with Gasteiger partial charge in [0.2, 0.25) is 5.91 Å². The van der Waals surface area contributed by atoms with Crippen molar-refractivity contribution < 1.29 is 19.1 Å². The lowest BCUT2D eigenvalue weighted by Crippen LogP contribution is -2.24. The van der Waals surface area contributed by atoms with Crippen molar-refractivity contribution in [1.82, 2.24) is 5.32 Å². The lowest BCUT2D eigenvalue weighted by atomic mass is 10.1. The third-order valence-electron chi connectivity index (χ3n) is 4.26. The Hall–Kier alpha value is -3.32. The standard InChI is InChI=1S/C22H22N2O4S/c1-27-19-10-7-16(13-20(19)28-2)22(26)24-17-8-5-15(6-9-17)12-21(25)23-14-18-4-3-11-29-18/h3-11,13H,12,14H2,1-2H3,(H,23,25)(H,24,26). The minimum absolute atomic E-state index is 0.0412. The van der Waals surface area contributed by atoms with Gasteiger partial charge in [-0.15, -0.1) is 11.3 Å². The molecule has 3 aromatic rings. The maximum absolute atomic E-state index is 12.5. The molecule has 2 N–H and O–H groups in total. The van der Waals surface area contributed by atoms with Gasteiger partial charge >= 0.3 is 0 Å². The van der Waals surface area contributed by atoms with Gasteiger partial charge in [-0.25, -0.2) is 0 Å². The monoisotopic (exact) mass is 410 g/mol. The number of ether oxygens (including phenoxy) is 2. The molecule has 0 unspecified atom stereocenters. The number of nitrogens with one attached hydrogen (secondary N) is 2. The van der Waals surface area contributed by atoms with E-state index in [-0.39, 0.29) is 18.2 Å². The Labute approximate surface area is 173 Å². The molecule has 0 spiro atoms. The Morgan fingerprint density at radius 3 is 2.38 bits per heavy atom. The van der Waals surface area contributed by atoms with Crippen molar-refractivity contribution in [3.05, 3.63) is 76.0 Å². The molecule has 0 aliphatic rings. The van der Waals surface area contributed by atoms with E-state index in [2.05, 4.69) is 10.6 Å². The Balaban J connectivity index is 1.55. The number of thiophene rings is 1. The molecule has 2 amide bonds. The van der Waals surface area contributed by atoms with Gasteiger partial charge in [-0.2, -0.15) is 0 Å². The fourth-order valence-electron chi connectivity index (χ4n) is 2.73. The largest absolute Gasteiger partial charge is 0.493 e. The highest BCUT2D eigenvalue weighted by atomic mass is 32.1. The van der Waals surface area contributed by atoms with E-state index in [0.29, 0.717) is 29.3 Å². The van der Waals surface area contributed by atoms with Gasteiger partial charge in [-0.1, -0.05) is 18.2 Å². The topological polar surface area (TPSA) is 76.7 Å². The van der Waals surface area contributed by atoms with Gasteiger partial charge in [0.1, 0.15) is 0 Å². The van der Waals surface area contributed by atoms with Crippen molar-refractivity contribution in [3.63, 3.8) is 0 Å². The van der Waals surface area contributed by atoms with E-state index in [4.69, 9.17) is 9.47 Å². The lowest BCUT2D eigenvalue weighted by Gasteiger charge is -2.10. The highest BCUT2D eigenvalue weighted by Crippen LogP contribution is 2.27. The summed E-state index contributed by atoms with van der Waals surface area (Å²) in [5.74, 6) is 0.753. The smallest absolute Gasteiger partial charge is 0.255 e. The Bertz CT molecular complexity index is 969. The fraction of sp³-hybridized carbons (Fsp3) is 0.182. The van der Waals surface area contributed by atoms with Gasteiger partial charge < -0.3 is 20.1 Å². The van der Waals surface area contributed by atoms with Crippen molar-refractivity contribution in [2.45, 2.75) is 13.0 Å². The van der Waals surface area contributed by atoms with E-state index in [1.807, 2.05) is 29.6 Å². The number of hydrogen-bond acceptors (Lipinski definition) is 5. The summed E-state index contributed by atoms with van der Waals surface area (Å²) in [5, 5.41) is 7.72. The maximum Gasteiger partial charge on any atom is 0.255 e. The molecule has 0 fully saturated rings. The number of carbonyl (C=O) groups excluding carboxylic acids is 2. The second kappa shape index (κ2) is 9.75. The van der Waals surface area contributed by atoms with Gasteiger partial charge in [0.05, 0.1) is 27.2 Å². The molecular formula is C22H22N2O4S. The third-order valence-corrected chi connectivity index (χ3v) is 5.14. The summed E-state index contributed by atoms with van der Waals surface area (Å²) < 4.78 is 10.4. The van der Waals surface area contributed by atoms with Gasteiger partial charge in [0.25, 0.3) is 5.91 Å². The molecule has 0 bridgehead atoms. The molecule has 0 aliphatic carbocycles. The number of benzene rings is 2. The predicted octanol–water partition coefficient (Wildman–Crippen LogP) is 3.88. The molecule has 0 saturated carbocycles. The molecule has 7 heteroatoms. The van der Waals surface area contributed by atoms with E-state index in [9.17, 15) is 9.59 Å². The van der Waals surface area contributed by atoms with Crippen LogP contribution in [0.4, 0.5) is 5.69 Å². The van der Waals surface area contributed by atoms with Crippen molar-refractivity contribution >= 4 is 28.8 Å². The van der Waals surface area contributed by atoms with Crippen LogP contribution < -0.4 is 20.1 Å². The van der Waals surface area contributed by atoms with E-state index in [1.54, 1.807) is 48.8 Å². The summed E-state index contributed by atoms with van der Waals surface area (Å²) in [4.78, 5) is 25.7. The average Bonchev–Trinajstić information content (AvgIpc) is 3.27. The van der Waals surface area contributed by atoms with Gasteiger partial charge in [0.15, 0.2) is 11.5 Å². The van der Waals surface area contributed by atoms with Crippen LogP contribution in [0.15, 0.2) is 60.0 Å². The molecule has 29 heavy (non-hydrogen) atoms. The zero-order chi connectivity index (χ0) is 20.6. The summed E-state index contributed by atoms with van der Waals surface area (Å²) >= 11 is 1.61. The van der Waals surface area contributed by atoms with E-state index >= 15 is 0 Å². The first-order chi connectivity index (χ1) is 14.1. The van der Waals surface area contributed by atoms with Crippen LogP contribution in [-0.4, -0.2) is 26.0 Å². The zero-order valence-corrected chi connectivity index (χ0v) is 17.0. The Kier molecular flexibility index (Phi) is 6.86. The molecule has 2 aromatic carbocycles. The van der Waals surface area contributed by atoms with E-state index < -0.39 is 0 Å². The highest BCUT2D eigenvalue weighted by molar-refractivity contribution is 7.09. The van der Waals surface area contributed by atoms with Crippen molar-refractivity contribution in [2.75, 3.05) is 19.5 Å². The Morgan fingerprint density at radius 2 is 1.72 bits per heavy atom. The number of hydrogen-bond donors (Lipinski definition) is 2. The quantitative estimate of drug-likeness (QED) is 0.591. The fourth-order valence-corrected chi connectivity index (χ4v) is 3.38. The minimum atomic E-state index is -0.257. The van der Waals surface area contributed by atoms with Crippen molar-refractivity contribution in [2.24, 2.45) is 0 Å². The summed E-state index contributed by atoms with van der Waals surface area (Å²) in [6.45, 7) is 0.538. The van der Waals surface area contributed by atoms with Gasteiger partial charge in [-0.3, -0.25) is 9.59 Å². The van der Waals surface area contributed by atoms with Crippen molar-refractivity contribution in [1.29, 1.82) is 0 Å². The summed E-state index contributed by atoms with van der Waals surface area (Å²) in [7, 11) is 3.07. The molecule has 1 heterocycles. The van der Waals surface area contributed by atoms with Crippen molar-refractivity contribution in [3.8, 4) is 11.5 Å². The maximum atomic E-state index is 12.5. The van der Waals surface area contributed by atoms with Crippen LogP contribution in [0.2, 0.25) is 0 Å². The molecule has 0 radical (unpaired) electrons. The number of methoxy groups -OCH3 is 2. The molecule has 0 saturated heterocycles. The molecule has 0 aliphatic heterocycles. The minimum Gasteiger partial charge on any atom is -0.493 e. The lowest BCUT2D eigenvalue weighted by molar-refractivity contribution is -0.120. The third kappa shape index (κ3) is 5.58. The van der Waals surface area contributed by atoms with Crippen LogP contribution in [0.3, 0.4) is 0 Å². The van der Waals surface area contributed by atoms with Crippen LogP contribution in [0.1, 0.15) is 20.8 Å². The van der Waals surface area contributed by atoms with Crippen LogP contribution in [0.5, 0.6) is 11.5 Å². The van der Waals surface area contributed by atoms with Crippen LogP contribution >= 0.6 is 11.3 Å². The van der Waals surface area contributed by atoms with Gasteiger partial charge in [0, 0.05) is 16.1 Å². The first-order valence-corrected chi connectivity index (χ1v) is 9.88. The number of rotatable bonds is 8. The predicted molar refractivity (Wildman–Crippen MR) is 114 cm³/mol. The molecular weight excluding hydrogens is 388 g/mol. The highest BCUT2D eigenvalue weighted by Gasteiger charge is 2.11. The summed E-state index contributed by atoms with van der Waals surface area (Å²) in [5.41, 5.74) is 1.98. The normalized spacial score (nSPS) is 10.3. The number of amides is 2. The second-order valence-corrected chi connectivity index (χ2v) is 7.29. The second-order valence-electron chi connectivity index (χ2n) is 6.25. The van der Waals surface area contributed by atoms with Crippen LogP contribution in [0.25, 0.3) is 0 Å². The molecule has 6 nitrogen and oxygen atoms in total. The van der Waals surface area contributed by atoms with Gasteiger partial charge in [-0.05, 0) is 47.3 Å². The molecule has 3 rings (SSSR count). The van der Waals surface area contributed by atoms with E-state index in [0.717, 1.165) is 10.4 Å². The SMILES string of the molecule is COc1ccc(C(=O)Nc2ccc(CC(=O)NCc3cccs3)cc2)cc1OC. The number of carbonyl (C=O) groups is 2. The first-order valence-electron chi connectivity index (χ1n) is 9.00. The summed E-state index contributed by atoms with van der Waals surface area (Å²) in [6, 6.07) is 16.1. The molecule has 1 aromatic heterocycles. The Morgan fingerprint density at radius 1 is 0.966 bits per heavy atom. The van der Waals surface area contributed by atoms with E-state index in [1.165, 1.54) is 7.11 Å². The molecule has 0 atom stereocenters. The summed E-state index contributed by atoms with van der Waals surface area (Å²) in [6.07, 6.45) is 0.287. The zero-order valence-electron chi connectivity index (χ0n) is 16.2. The van der Waals surface area contributed by atoms with Crippen LogP contribution in [-0.2, 0) is 17.8 Å². The molecule has 150 valence electrons. The average molecular weight is 410 g/mol. The first kappa shape index (κ1) is 20.4.